The molecule has 0 atom stereocenters. The number of ether oxygens (including phenoxy) is 1. The third-order valence-corrected chi connectivity index (χ3v) is 2.87. The van der Waals surface area contributed by atoms with Gasteiger partial charge in [0.15, 0.2) is 5.78 Å². The van der Waals surface area contributed by atoms with Crippen molar-refractivity contribution in [2.24, 2.45) is 0 Å². The van der Waals surface area contributed by atoms with E-state index in [9.17, 15) is 4.79 Å². The Balaban J connectivity index is 3.02. The number of carbonyl (C=O) groups is 1. The highest BCUT2D eigenvalue weighted by Gasteiger charge is 2.11. The predicted octanol–water partition coefficient (Wildman–Crippen LogP) is 3.78. The number of aryl methyl sites for hydroxylation is 1. The van der Waals surface area contributed by atoms with Crippen molar-refractivity contribution >= 4 is 21.7 Å². The van der Waals surface area contributed by atoms with Crippen molar-refractivity contribution in [2.75, 3.05) is 11.9 Å². The van der Waals surface area contributed by atoms with Crippen LogP contribution in [-0.4, -0.2) is 17.7 Å². The summed E-state index contributed by atoms with van der Waals surface area (Å²) >= 11 is 3.18. The fourth-order valence-corrected chi connectivity index (χ4v) is 1.88. The molecule has 0 saturated carbocycles. The molecule has 2 nitrogen and oxygen atoms in total. The molecule has 0 bridgehead atoms. The number of benzene rings is 1. The lowest BCUT2D eigenvalue weighted by molar-refractivity contribution is 0.102. The molecule has 92 valence electrons. The van der Waals surface area contributed by atoms with Crippen molar-refractivity contribution in [3.05, 3.63) is 42.0 Å². The summed E-state index contributed by atoms with van der Waals surface area (Å²) in [6.45, 7) is 6.15. The molecule has 0 amide bonds. The summed E-state index contributed by atoms with van der Waals surface area (Å²) in [5.41, 5.74) is 1.82. The maximum absolute atomic E-state index is 11.7. The van der Waals surface area contributed by atoms with Crippen LogP contribution < -0.4 is 4.74 Å². The number of halogens is 1. The molecule has 0 N–H and O–H groups in total. The van der Waals surface area contributed by atoms with Gasteiger partial charge in [-0.3, -0.25) is 4.79 Å². The molecule has 0 heterocycles. The first-order valence-corrected chi connectivity index (χ1v) is 6.80. The zero-order valence-electron chi connectivity index (χ0n) is 10.0. The van der Waals surface area contributed by atoms with Gasteiger partial charge in [0.2, 0.25) is 0 Å². The monoisotopic (exact) mass is 296 g/mol. The van der Waals surface area contributed by atoms with Crippen LogP contribution in [-0.2, 0) is 6.42 Å². The van der Waals surface area contributed by atoms with E-state index in [1.165, 1.54) is 5.56 Å². The molecule has 0 radical (unpaired) electrons. The van der Waals surface area contributed by atoms with Crippen LogP contribution >= 0.6 is 15.9 Å². The minimum absolute atomic E-state index is 0.0344. The van der Waals surface area contributed by atoms with E-state index >= 15 is 0 Å². The summed E-state index contributed by atoms with van der Waals surface area (Å²) in [4.78, 5) is 11.7. The van der Waals surface area contributed by atoms with E-state index in [0.29, 0.717) is 23.2 Å². The van der Waals surface area contributed by atoms with Gasteiger partial charge in [0, 0.05) is 0 Å². The summed E-state index contributed by atoms with van der Waals surface area (Å²) in [6, 6.07) is 5.77. The van der Waals surface area contributed by atoms with Gasteiger partial charge in [-0.2, -0.15) is 0 Å². The molecular formula is C14H17BrO2. The molecule has 0 aromatic heterocycles. The van der Waals surface area contributed by atoms with Crippen LogP contribution in [0.3, 0.4) is 0 Å². The summed E-state index contributed by atoms with van der Waals surface area (Å²) < 4.78 is 5.54. The Morgan fingerprint density at radius 3 is 2.88 bits per heavy atom. The van der Waals surface area contributed by atoms with Crippen LogP contribution in [0.4, 0.5) is 0 Å². The van der Waals surface area contributed by atoms with E-state index in [0.717, 1.165) is 12.8 Å². The maximum Gasteiger partial charge on any atom is 0.177 e. The van der Waals surface area contributed by atoms with E-state index in [4.69, 9.17) is 4.74 Å². The van der Waals surface area contributed by atoms with Crippen molar-refractivity contribution in [1.82, 2.24) is 0 Å². The van der Waals surface area contributed by atoms with Gasteiger partial charge in [-0.15, -0.1) is 0 Å². The Labute approximate surface area is 111 Å². The standard InChI is InChI=1S/C14H17BrO2/c1-3-5-11-6-7-12(13(16)10-15)14(9-11)17-8-4-2/h4,6-7,9H,2-3,5,8,10H2,1H3. The van der Waals surface area contributed by atoms with E-state index in [1.807, 2.05) is 18.2 Å². The van der Waals surface area contributed by atoms with E-state index < -0.39 is 0 Å². The summed E-state index contributed by atoms with van der Waals surface area (Å²) in [5, 5.41) is 0.310. The number of carbonyl (C=O) groups excluding carboxylic acids is 1. The SMILES string of the molecule is C=CCOc1cc(CCC)ccc1C(=O)CBr. The maximum atomic E-state index is 11.7. The predicted molar refractivity (Wildman–Crippen MR) is 74.3 cm³/mol. The van der Waals surface area contributed by atoms with Gasteiger partial charge in [-0.1, -0.05) is 48.0 Å². The molecule has 1 rings (SSSR count). The van der Waals surface area contributed by atoms with Crippen LogP contribution in [0, 0.1) is 0 Å². The molecule has 0 aliphatic heterocycles. The molecule has 0 saturated heterocycles. The summed E-state index contributed by atoms with van der Waals surface area (Å²) in [5.74, 6) is 0.687. The summed E-state index contributed by atoms with van der Waals surface area (Å²) in [6.07, 6.45) is 3.74. The average molecular weight is 297 g/mol. The third kappa shape index (κ3) is 4.00. The van der Waals surface area contributed by atoms with Crippen molar-refractivity contribution in [2.45, 2.75) is 19.8 Å². The molecule has 3 heteroatoms. The van der Waals surface area contributed by atoms with Gasteiger partial charge in [-0.05, 0) is 24.1 Å². The molecule has 1 aromatic carbocycles. The Hall–Kier alpha value is -1.09. The second-order valence-corrected chi connectivity index (χ2v) is 4.30. The Bertz CT molecular complexity index is 399. The van der Waals surface area contributed by atoms with Crippen molar-refractivity contribution < 1.29 is 9.53 Å². The Morgan fingerprint density at radius 2 is 2.29 bits per heavy atom. The highest BCUT2D eigenvalue weighted by molar-refractivity contribution is 9.09. The fraction of sp³-hybridized carbons (Fsp3) is 0.357. The van der Waals surface area contributed by atoms with Gasteiger partial charge >= 0.3 is 0 Å². The second-order valence-electron chi connectivity index (χ2n) is 3.74. The average Bonchev–Trinajstić information content (AvgIpc) is 2.36. The Kier molecular flexibility index (Phi) is 5.98. The minimum atomic E-state index is 0.0344. The minimum Gasteiger partial charge on any atom is -0.489 e. The van der Waals surface area contributed by atoms with Gasteiger partial charge in [0.1, 0.15) is 12.4 Å². The van der Waals surface area contributed by atoms with E-state index in [-0.39, 0.29) is 5.78 Å². The number of rotatable bonds is 7. The quantitative estimate of drug-likeness (QED) is 0.435. The first kappa shape index (κ1) is 14.0. The highest BCUT2D eigenvalue weighted by Crippen LogP contribution is 2.22. The zero-order valence-corrected chi connectivity index (χ0v) is 11.6. The van der Waals surface area contributed by atoms with E-state index in [1.54, 1.807) is 6.08 Å². The first-order chi connectivity index (χ1) is 8.22. The molecule has 17 heavy (non-hydrogen) atoms. The second kappa shape index (κ2) is 7.28. The third-order valence-electron chi connectivity index (χ3n) is 2.36. The van der Waals surface area contributed by atoms with Gasteiger partial charge < -0.3 is 4.74 Å². The number of hydrogen-bond acceptors (Lipinski definition) is 2. The van der Waals surface area contributed by atoms with Gasteiger partial charge in [-0.25, -0.2) is 0 Å². The van der Waals surface area contributed by atoms with Crippen LogP contribution in [0.25, 0.3) is 0 Å². The number of alkyl halides is 1. The van der Waals surface area contributed by atoms with Crippen LogP contribution in [0.2, 0.25) is 0 Å². The fourth-order valence-electron chi connectivity index (χ4n) is 1.58. The molecular weight excluding hydrogens is 280 g/mol. The molecule has 0 unspecified atom stereocenters. The smallest absolute Gasteiger partial charge is 0.177 e. The van der Waals surface area contributed by atoms with Crippen LogP contribution in [0.1, 0.15) is 29.3 Å². The van der Waals surface area contributed by atoms with Crippen molar-refractivity contribution in [3.63, 3.8) is 0 Å². The lowest BCUT2D eigenvalue weighted by Gasteiger charge is -2.10. The highest BCUT2D eigenvalue weighted by atomic mass is 79.9. The van der Waals surface area contributed by atoms with Crippen molar-refractivity contribution in [3.8, 4) is 5.75 Å². The Morgan fingerprint density at radius 1 is 1.53 bits per heavy atom. The zero-order chi connectivity index (χ0) is 12.7. The molecule has 0 aliphatic carbocycles. The normalized spacial score (nSPS) is 10.0. The molecule has 1 aromatic rings. The molecule has 0 spiro atoms. The number of Topliss-reactive ketones (excluding diaryl/α,β-unsaturated/α-hetero) is 1. The lowest BCUT2D eigenvalue weighted by Crippen LogP contribution is -2.05. The first-order valence-electron chi connectivity index (χ1n) is 5.68. The van der Waals surface area contributed by atoms with Crippen LogP contribution in [0.5, 0.6) is 5.75 Å². The molecule has 0 fully saturated rings. The van der Waals surface area contributed by atoms with Gasteiger partial charge in [0.05, 0.1) is 10.9 Å². The summed E-state index contributed by atoms with van der Waals surface area (Å²) in [7, 11) is 0. The van der Waals surface area contributed by atoms with Crippen LogP contribution in [0.15, 0.2) is 30.9 Å². The lowest BCUT2D eigenvalue weighted by atomic mass is 10.0. The molecule has 0 aliphatic rings. The topological polar surface area (TPSA) is 26.3 Å². The number of hydrogen-bond donors (Lipinski definition) is 0. The van der Waals surface area contributed by atoms with Crippen molar-refractivity contribution in [1.29, 1.82) is 0 Å². The largest absolute Gasteiger partial charge is 0.489 e. The number of ketones is 1. The van der Waals surface area contributed by atoms with E-state index in [2.05, 4.69) is 29.4 Å². The van der Waals surface area contributed by atoms with Gasteiger partial charge in [0.25, 0.3) is 0 Å².